The summed E-state index contributed by atoms with van der Waals surface area (Å²) in [6.45, 7) is 0. The summed E-state index contributed by atoms with van der Waals surface area (Å²) in [6, 6.07) is 16.8. The molecule has 6 nitrogen and oxygen atoms in total. The number of ether oxygens (including phenoxy) is 1. The second kappa shape index (κ2) is 9.03. The molecular weight excluding hydrogens is 467 g/mol. The number of carbonyl (C=O) groups is 1. The number of methoxy groups -OCH3 is 1. The molecule has 0 heterocycles. The lowest BCUT2D eigenvalue weighted by Gasteiger charge is -2.40. The molecule has 172 valence electrons. The number of anilines is 2. The molecule has 0 saturated heterocycles. The second-order valence-corrected chi connectivity index (χ2v) is 9.91. The molecule has 0 atom stereocenters. The zero-order valence-electron chi connectivity index (χ0n) is 17.8. The lowest BCUT2D eigenvalue weighted by Crippen LogP contribution is -2.46. The van der Waals surface area contributed by atoms with Crippen LogP contribution >= 0.6 is 11.6 Å². The molecule has 0 aromatic heterocycles. The van der Waals surface area contributed by atoms with E-state index in [-0.39, 0.29) is 32.9 Å². The quantitative estimate of drug-likeness (QED) is 0.469. The Morgan fingerprint density at radius 3 is 2.45 bits per heavy atom. The van der Waals surface area contributed by atoms with Gasteiger partial charge in [0, 0.05) is 5.69 Å². The van der Waals surface area contributed by atoms with Gasteiger partial charge in [0.25, 0.3) is 10.0 Å². The van der Waals surface area contributed by atoms with E-state index in [2.05, 4.69) is 10.0 Å². The number of sulfonamides is 1. The number of carbonyl (C=O) groups excluding carboxylic acids is 1. The van der Waals surface area contributed by atoms with Gasteiger partial charge in [-0.15, -0.1) is 0 Å². The summed E-state index contributed by atoms with van der Waals surface area (Å²) >= 11 is 6.09. The van der Waals surface area contributed by atoms with E-state index < -0.39 is 21.3 Å². The van der Waals surface area contributed by atoms with Crippen LogP contribution in [0.4, 0.5) is 15.8 Å². The van der Waals surface area contributed by atoms with Crippen LogP contribution in [0.15, 0.2) is 71.6 Å². The number of rotatable bonds is 7. The first-order chi connectivity index (χ1) is 15.7. The molecule has 33 heavy (non-hydrogen) atoms. The third-order valence-electron chi connectivity index (χ3n) is 5.85. The maximum Gasteiger partial charge on any atom is 0.265 e. The van der Waals surface area contributed by atoms with Gasteiger partial charge in [0.1, 0.15) is 16.5 Å². The largest absolute Gasteiger partial charge is 0.495 e. The van der Waals surface area contributed by atoms with E-state index in [1.807, 2.05) is 0 Å². The standard InChI is InChI=1S/C24H22ClFN2O4S/c1-32-21-11-10-18(15-22(21)33(30,31)28-20-9-3-2-8-19(20)25)27-23(29)24(12-5-13-24)16-6-4-7-17(26)14-16/h2-4,6-11,14-15,28H,5,12-13H2,1H3,(H,27,29). The first-order valence-corrected chi connectivity index (χ1v) is 12.1. The average Bonchev–Trinajstić information content (AvgIpc) is 2.74. The molecule has 1 saturated carbocycles. The van der Waals surface area contributed by atoms with Crippen LogP contribution in [-0.2, 0) is 20.2 Å². The monoisotopic (exact) mass is 488 g/mol. The Kier molecular flexibility index (Phi) is 6.32. The molecule has 4 rings (SSSR count). The topological polar surface area (TPSA) is 84.5 Å². The van der Waals surface area contributed by atoms with Crippen LogP contribution in [-0.4, -0.2) is 21.4 Å². The van der Waals surface area contributed by atoms with Crippen LogP contribution in [0.2, 0.25) is 5.02 Å². The molecule has 0 unspecified atom stereocenters. The minimum atomic E-state index is -4.08. The van der Waals surface area contributed by atoms with Crippen LogP contribution in [0.25, 0.3) is 0 Å². The highest BCUT2D eigenvalue weighted by molar-refractivity contribution is 7.92. The number of para-hydroxylation sites is 1. The van der Waals surface area contributed by atoms with Gasteiger partial charge in [0.2, 0.25) is 5.91 Å². The average molecular weight is 489 g/mol. The molecule has 9 heteroatoms. The maximum atomic E-state index is 13.8. The molecule has 1 fully saturated rings. The molecule has 0 aliphatic heterocycles. The summed E-state index contributed by atoms with van der Waals surface area (Å²) in [5.41, 5.74) is 0.253. The summed E-state index contributed by atoms with van der Waals surface area (Å²) < 4.78 is 47.7. The number of amides is 1. The lowest BCUT2D eigenvalue weighted by atomic mass is 9.63. The van der Waals surface area contributed by atoms with Crippen molar-refractivity contribution in [2.75, 3.05) is 17.1 Å². The van der Waals surface area contributed by atoms with Gasteiger partial charge in [0.15, 0.2) is 0 Å². The van der Waals surface area contributed by atoms with Crippen LogP contribution < -0.4 is 14.8 Å². The molecule has 0 bridgehead atoms. The summed E-state index contributed by atoms with van der Waals surface area (Å²) in [6.07, 6.45) is 2.00. The molecule has 0 radical (unpaired) electrons. The summed E-state index contributed by atoms with van der Waals surface area (Å²) in [5, 5.41) is 3.05. The molecular formula is C24H22ClFN2O4S. The maximum absolute atomic E-state index is 13.8. The molecule has 0 spiro atoms. The highest BCUT2D eigenvalue weighted by Gasteiger charge is 2.45. The van der Waals surface area contributed by atoms with E-state index in [4.69, 9.17) is 16.3 Å². The van der Waals surface area contributed by atoms with Crippen LogP contribution in [0.5, 0.6) is 5.75 Å². The molecule has 3 aromatic rings. The fourth-order valence-electron chi connectivity index (χ4n) is 3.92. The van der Waals surface area contributed by atoms with Gasteiger partial charge >= 0.3 is 0 Å². The van der Waals surface area contributed by atoms with Crippen molar-refractivity contribution < 1.29 is 22.3 Å². The molecule has 1 aliphatic carbocycles. The van der Waals surface area contributed by atoms with Crippen molar-refractivity contribution in [3.05, 3.63) is 83.1 Å². The van der Waals surface area contributed by atoms with Crippen molar-refractivity contribution in [1.29, 1.82) is 0 Å². The number of hydrogen-bond acceptors (Lipinski definition) is 4. The smallest absolute Gasteiger partial charge is 0.265 e. The highest BCUT2D eigenvalue weighted by atomic mass is 35.5. The zero-order chi connectivity index (χ0) is 23.6. The van der Waals surface area contributed by atoms with Crippen LogP contribution in [0, 0.1) is 5.82 Å². The fraction of sp³-hybridized carbons (Fsp3) is 0.208. The van der Waals surface area contributed by atoms with Gasteiger partial charge in [-0.1, -0.05) is 42.3 Å². The predicted molar refractivity (Wildman–Crippen MR) is 126 cm³/mol. The normalized spacial score (nSPS) is 14.8. The molecule has 1 amide bonds. The van der Waals surface area contributed by atoms with E-state index >= 15 is 0 Å². The van der Waals surface area contributed by atoms with Gasteiger partial charge in [-0.05, 0) is 60.9 Å². The lowest BCUT2D eigenvalue weighted by molar-refractivity contribution is -0.124. The van der Waals surface area contributed by atoms with Gasteiger partial charge in [0.05, 0.1) is 23.2 Å². The first-order valence-electron chi connectivity index (χ1n) is 10.3. The number of halogens is 2. The van der Waals surface area contributed by atoms with Crippen LogP contribution in [0.3, 0.4) is 0 Å². The van der Waals surface area contributed by atoms with Crippen molar-refractivity contribution in [2.45, 2.75) is 29.6 Å². The van der Waals surface area contributed by atoms with Gasteiger partial charge in [-0.25, -0.2) is 12.8 Å². The van der Waals surface area contributed by atoms with Crippen molar-refractivity contribution in [2.24, 2.45) is 0 Å². The van der Waals surface area contributed by atoms with Crippen molar-refractivity contribution in [3.63, 3.8) is 0 Å². The highest BCUT2D eigenvalue weighted by Crippen LogP contribution is 2.45. The summed E-state index contributed by atoms with van der Waals surface area (Å²) in [4.78, 5) is 13.1. The summed E-state index contributed by atoms with van der Waals surface area (Å²) in [5.74, 6) is -0.613. The summed E-state index contributed by atoms with van der Waals surface area (Å²) in [7, 11) is -2.73. The van der Waals surface area contributed by atoms with E-state index in [0.717, 1.165) is 6.42 Å². The Morgan fingerprint density at radius 2 is 1.82 bits per heavy atom. The number of nitrogens with one attached hydrogen (secondary N) is 2. The zero-order valence-corrected chi connectivity index (χ0v) is 19.3. The Labute approximate surface area is 196 Å². The third-order valence-corrected chi connectivity index (χ3v) is 7.56. The Bertz CT molecular complexity index is 1310. The Balaban J connectivity index is 1.64. The Hall–Kier alpha value is -3.10. The predicted octanol–water partition coefficient (Wildman–Crippen LogP) is 5.35. The molecule has 1 aliphatic rings. The van der Waals surface area contributed by atoms with E-state index in [0.29, 0.717) is 18.4 Å². The minimum absolute atomic E-state index is 0.107. The van der Waals surface area contributed by atoms with Crippen LogP contribution in [0.1, 0.15) is 24.8 Å². The van der Waals surface area contributed by atoms with Crippen molar-refractivity contribution >= 4 is 38.9 Å². The minimum Gasteiger partial charge on any atom is -0.495 e. The van der Waals surface area contributed by atoms with Gasteiger partial charge < -0.3 is 10.1 Å². The van der Waals surface area contributed by atoms with E-state index in [1.165, 1.54) is 37.4 Å². The number of benzene rings is 3. The van der Waals surface area contributed by atoms with Crippen molar-refractivity contribution in [1.82, 2.24) is 0 Å². The molecule has 3 aromatic carbocycles. The Morgan fingerprint density at radius 1 is 1.06 bits per heavy atom. The first kappa shape index (κ1) is 23.1. The second-order valence-electron chi connectivity index (χ2n) is 7.85. The fourth-order valence-corrected chi connectivity index (χ4v) is 5.44. The van der Waals surface area contributed by atoms with Gasteiger partial charge in [-0.2, -0.15) is 0 Å². The number of hydrogen-bond donors (Lipinski definition) is 2. The third kappa shape index (κ3) is 4.54. The van der Waals surface area contributed by atoms with Gasteiger partial charge in [-0.3, -0.25) is 9.52 Å². The van der Waals surface area contributed by atoms with E-state index in [9.17, 15) is 17.6 Å². The van der Waals surface area contributed by atoms with Crippen molar-refractivity contribution in [3.8, 4) is 5.75 Å². The van der Waals surface area contributed by atoms with E-state index in [1.54, 1.807) is 36.4 Å². The molecule has 2 N–H and O–H groups in total. The SMILES string of the molecule is COc1ccc(NC(=O)C2(c3cccc(F)c3)CCC2)cc1S(=O)(=O)Nc1ccccc1Cl.